The molecule has 0 aromatic heterocycles. The molecule has 0 bridgehead atoms. The van der Waals surface area contributed by atoms with Crippen LogP contribution in [0, 0.1) is 3.57 Å². The molecule has 5 nitrogen and oxygen atoms in total. The van der Waals surface area contributed by atoms with Crippen molar-refractivity contribution in [3.63, 3.8) is 0 Å². The molecule has 8 heteroatoms. The van der Waals surface area contributed by atoms with Gasteiger partial charge in [-0.1, -0.05) is 29.3 Å². The molecular weight excluding hydrogens is 476 g/mol. The van der Waals surface area contributed by atoms with E-state index in [0.29, 0.717) is 28.0 Å². The van der Waals surface area contributed by atoms with Crippen LogP contribution in [0.25, 0.3) is 0 Å². The lowest BCUT2D eigenvalue weighted by atomic mass is 10.3. The number of benzene rings is 2. The molecule has 0 heterocycles. The lowest BCUT2D eigenvalue weighted by molar-refractivity contribution is 0.260. The number of nitrogens with one attached hydrogen (secondary N) is 2. The van der Waals surface area contributed by atoms with E-state index in [9.17, 15) is 4.79 Å². The number of carbonyl (C=O) groups is 1. The number of rotatable bonds is 6. The third-order valence-corrected chi connectivity index (χ3v) is 4.90. The van der Waals surface area contributed by atoms with Crippen LogP contribution in [0.15, 0.2) is 36.4 Å². The fourth-order valence-electron chi connectivity index (χ4n) is 1.91. The summed E-state index contributed by atoms with van der Waals surface area (Å²) < 4.78 is 6.74. The zero-order valence-electron chi connectivity index (χ0n) is 13.8. The number of anilines is 2. The number of nitrogens with zero attached hydrogens (tertiary/aromatic N) is 1. The van der Waals surface area contributed by atoms with Crippen LogP contribution in [-0.2, 0) is 0 Å². The number of halogens is 3. The minimum absolute atomic E-state index is 0.301. The Morgan fingerprint density at radius 1 is 1.20 bits per heavy atom. The Hall–Kier alpha value is -1.22. The summed E-state index contributed by atoms with van der Waals surface area (Å²) in [5.41, 5.74) is 1.07. The van der Waals surface area contributed by atoms with E-state index in [1.54, 1.807) is 30.3 Å². The first-order valence-corrected chi connectivity index (χ1v) is 9.29. The van der Waals surface area contributed by atoms with Gasteiger partial charge in [-0.15, -0.1) is 0 Å². The van der Waals surface area contributed by atoms with Gasteiger partial charge in [0.1, 0.15) is 12.4 Å². The zero-order chi connectivity index (χ0) is 18.4. The molecule has 2 aromatic rings. The monoisotopic (exact) mass is 493 g/mol. The minimum atomic E-state index is -0.412. The second kappa shape index (κ2) is 9.47. The van der Waals surface area contributed by atoms with E-state index in [1.807, 2.05) is 25.1 Å². The number of ether oxygens (including phenoxy) is 1. The molecule has 0 fully saturated rings. The van der Waals surface area contributed by atoms with Gasteiger partial charge >= 0.3 is 6.03 Å². The number of likely N-dealkylation sites (N-methyl/N-ethyl adjacent to an activating group) is 1. The second-order valence-corrected chi connectivity index (χ2v) is 7.42. The Morgan fingerprint density at radius 2 is 1.96 bits per heavy atom. The molecule has 2 N–H and O–H groups in total. The highest BCUT2D eigenvalue weighted by Crippen LogP contribution is 2.30. The van der Waals surface area contributed by atoms with Gasteiger partial charge in [0, 0.05) is 18.3 Å². The Balaban J connectivity index is 2.01. The van der Waals surface area contributed by atoms with Crippen LogP contribution in [-0.4, -0.2) is 38.2 Å². The van der Waals surface area contributed by atoms with Crippen molar-refractivity contribution in [1.29, 1.82) is 0 Å². The summed E-state index contributed by atoms with van der Waals surface area (Å²) in [6, 6.07) is 10.1. The van der Waals surface area contributed by atoms with Crippen LogP contribution in [0.5, 0.6) is 5.75 Å². The van der Waals surface area contributed by atoms with Crippen molar-refractivity contribution >= 4 is 63.2 Å². The SMILES string of the molecule is CN(C)CCOc1cc(NC(=O)Nc2cccc(Cl)c2Cl)ccc1I. The molecule has 134 valence electrons. The summed E-state index contributed by atoms with van der Waals surface area (Å²) in [6.07, 6.45) is 0. The molecule has 0 spiro atoms. The molecule has 2 rings (SSSR count). The third kappa shape index (κ3) is 6.22. The molecule has 2 amide bonds. The third-order valence-electron chi connectivity index (χ3n) is 3.18. The predicted molar refractivity (Wildman–Crippen MR) is 112 cm³/mol. The first-order chi connectivity index (χ1) is 11.9. The average Bonchev–Trinajstić information content (AvgIpc) is 2.54. The molecular formula is C17H18Cl2IN3O2. The lowest BCUT2D eigenvalue weighted by Crippen LogP contribution is -2.20. The van der Waals surface area contributed by atoms with Crippen molar-refractivity contribution in [3.8, 4) is 5.75 Å². The van der Waals surface area contributed by atoms with E-state index < -0.39 is 6.03 Å². The standard InChI is InChI=1S/C17H18Cl2IN3O2/c1-23(2)8-9-25-15-10-11(6-7-13(15)20)21-17(24)22-14-5-3-4-12(18)16(14)19/h3-7,10H,8-9H2,1-2H3,(H2,21,22,24). The van der Waals surface area contributed by atoms with Crippen LogP contribution >= 0.6 is 45.8 Å². The second-order valence-electron chi connectivity index (χ2n) is 5.48. The maximum Gasteiger partial charge on any atom is 0.323 e. The fraction of sp³-hybridized carbons (Fsp3) is 0.235. The van der Waals surface area contributed by atoms with Crippen molar-refractivity contribution in [1.82, 2.24) is 4.90 Å². The quantitative estimate of drug-likeness (QED) is 0.545. The van der Waals surface area contributed by atoms with E-state index in [2.05, 4.69) is 33.2 Å². The molecule has 0 aliphatic carbocycles. The van der Waals surface area contributed by atoms with Crippen molar-refractivity contribution < 1.29 is 9.53 Å². The highest BCUT2D eigenvalue weighted by atomic mass is 127. The predicted octanol–water partition coefficient (Wildman–Crippen LogP) is 5.18. The molecule has 0 aliphatic heterocycles. The summed E-state index contributed by atoms with van der Waals surface area (Å²) in [7, 11) is 3.97. The molecule has 25 heavy (non-hydrogen) atoms. The molecule has 0 saturated heterocycles. The summed E-state index contributed by atoms with van der Waals surface area (Å²) in [5, 5.41) is 6.11. The van der Waals surface area contributed by atoms with Gasteiger partial charge < -0.3 is 20.3 Å². The highest BCUT2D eigenvalue weighted by Gasteiger charge is 2.10. The zero-order valence-corrected chi connectivity index (χ0v) is 17.4. The largest absolute Gasteiger partial charge is 0.491 e. The van der Waals surface area contributed by atoms with Gasteiger partial charge in [0.2, 0.25) is 0 Å². The van der Waals surface area contributed by atoms with Crippen molar-refractivity contribution in [2.24, 2.45) is 0 Å². The molecule has 2 aromatic carbocycles. The smallest absolute Gasteiger partial charge is 0.323 e. The van der Waals surface area contributed by atoms with Crippen LogP contribution in [0.4, 0.5) is 16.2 Å². The van der Waals surface area contributed by atoms with Gasteiger partial charge in [-0.05, 0) is 61.0 Å². The van der Waals surface area contributed by atoms with E-state index in [0.717, 1.165) is 15.9 Å². The maximum absolute atomic E-state index is 12.2. The number of carbonyl (C=O) groups excluding carboxylic acids is 1. The Kier molecular flexibility index (Phi) is 7.61. The fourth-order valence-corrected chi connectivity index (χ4v) is 2.75. The first kappa shape index (κ1) is 20.1. The average molecular weight is 494 g/mol. The summed E-state index contributed by atoms with van der Waals surface area (Å²) >= 11 is 14.2. The summed E-state index contributed by atoms with van der Waals surface area (Å²) in [5.74, 6) is 0.723. The highest BCUT2D eigenvalue weighted by molar-refractivity contribution is 14.1. The molecule has 0 unspecified atom stereocenters. The first-order valence-electron chi connectivity index (χ1n) is 7.46. The van der Waals surface area contributed by atoms with E-state index in [-0.39, 0.29) is 0 Å². The molecule has 0 aliphatic rings. The van der Waals surface area contributed by atoms with Gasteiger partial charge in [0.05, 0.1) is 19.3 Å². The van der Waals surface area contributed by atoms with Gasteiger partial charge in [-0.2, -0.15) is 0 Å². The number of amides is 2. The molecule has 0 saturated carbocycles. The van der Waals surface area contributed by atoms with E-state index in [1.165, 1.54) is 0 Å². The topological polar surface area (TPSA) is 53.6 Å². The van der Waals surface area contributed by atoms with Crippen molar-refractivity contribution in [3.05, 3.63) is 50.0 Å². The van der Waals surface area contributed by atoms with E-state index in [4.69, 9.17) is 27.9 Å². The lowest BCUT2D eigenvalue weighted by Gasteiger charge is -2.14. The maximum atomic E-state index is 12.2. The Bertz CT molecular complexity index is 757. The normalized spacial score (nSPS) is 10.6. The van der Waals surface area contributed by atoms with Crippen LogP contribution in [0.3, 0.4) is 0 Å². The van der Waals surface area contributed by atoms with Crippen molar-refractivity contribution in [2.45, 2.75) is 0 Å². The van der Waals surface area contributed by atoms with Crippen LogP contribution < -0.4 is 15.4 Å². The Labute approximate surface area is 170 Å². The minimum Gasteiger partial charge on any atom is -0.491 e. The molecule has 0 atom stereocenters. The number of urea groups is 1. The summed E-state index contributed by atoms with van der Waals surface area (Å²) in [6.45, 7) is 1.37. The van der Waals surface area contributed by atoms with Crippen molar-refractivity contribution in [2.75, 3.05) is 37.9 Å². The van der Waals surface area contributed by atoms with Gasteiger partial charge in [-0.3, -0.25) is 0 Å². The van der Waals surface area contributed by atoms with Crippen LogP contribution in [0.2, 0.25) is 10.0 Å². The Morgan fingerprint density at radius 3 is 2.68 bits per heavy atom. The van der Waals surface area contributed by atoms with Gasteiger partial charge in [0.15, 0.2) is 0 Å². The van der Waals surface area contributed by atoms with Crippen LogP contribution in [0.1, 0.15) is 0 Å². The number of hydrogen-bond acceptors (Lipinski definition) is 3. The van der Waals surface area contributed by atoms with Gasteiger partial charge in [0.25, 0.3) is 0 Å². The summed E-state index contributed by atoms with van der Waals surface area (Å²) in [4.78, 5) is 14.2. The molecule has 0 radical (unpaired) electrons. The van der Waals surface area contributed by atoms with E-state index >= 15 is 0 Å². The number of hydrogen-bond donors (Lipinski definition) is 2. The van der Waals surface area contributed by atoms with Gasteiger partial charge in [-0.25, -0.2) is 4.79 Å².